The molecule has 6 aromatic rings. The van der Waals surface area contributed by atoms with Gasteiger partial charge in [-0.25, -0.2) is 4.79 Å². The highest BCUT2D eigenvalue weighted by atomic mass is 79.9. The number of aryl methyl sites for hydroxylation is 1. The Morgan fingerprint density at radius 2 is 1.21 bits per heavy atom. The first-order valence-electron chi connectivity index (χ1n) is 13.5. The van der Waals surface area contributed by atoms with Crippen LogP contribution in [0.3, 0.4) is 0 Å². The third-order valence-electron chi connectivity index (χ3n) is 6.85. The van der Waals surface area contributed by atoms with Crippen LogP contribution in [0.2, 0.25) is 0 Å². The summed E-state index contributed by atoms with van der Waals surface area (Å²) in [4.78, 5) is 18.5. The summed E-state index contributed by atoms with van der Waals surface area (Å²) in [6, 6.07) is 36.9. The molecule has 2 heterocycles. The van der Waals surface area contributed by atoms with Crippen molar-refractivity contribution >= 4 is 27.0 Å². The minimum Gasteiger partial charge on any atom is -0.485 e. The van der Waals surface area contributed by atoms with Crippen LogP contribution in [0.4, 0.5) is 0 Å². The standard InChI is InChI=1S/C34H28BrN3O4/c1-37-31-28(18-17-27(35)32(31)41-22-25-13-7-3-8-14-25)38(34(37)39)29-19-20-30(40-21-24-11-5-2-6-12-24)36-33(29)42-23-26-15-9-4-10-16-26/h2-20H,21-23H2,1H3. The van der Waals surface area contributed by atoms with Gasteiger partial charge in [0.25, 0.3) is 0 Å². The van der Waals surface area contributed by atoms with Gasteiger partial charge in [0.15, 0.2) is 5.75 Å². The fraction of sp³-hybridized carbons (Fsp3) is 0.118. The van der Waals surface area contributed by atoms with Gasteiger partial charge in [-0.1, -0.05) is 91.0 Å². The zero-order chi connectivity index (χ0) is 28.9. The van der Waals surface area contributed by atoms with E-state index in [0.717, 1.165) is 21.2 Å². The number of halogens is 1. The molecule has 0 saturated heterocycles. The summed E-state index contributed by atoms with van der Waals surface area (Å²) in [5.74, 6) is 1.26. The molecule has 210 valence electrons. The maximum absolute atomic E-state index is 13.8. The van der Waals surface area contributed by atoms with Crippen molar-refractivity contribution in [2.24, 2.45) is 7.05 Å². The molecule has 0 atom stereocenters. The molecule has 8 heteroatoms. The molecule has 0 amide bonds. The van der Waals surface area contributed by atoms with E-state index in [2.05, 4.69) is 15.9 Å². The van der Waals surface area contributed by atoms with Crippen LogP contribution in [0.5, 0.6) is 17.5 Å². The van der Waals surface area contributed by atoms with Crippen LogP contribution in [-0.4, -0.2) is 14.1 Å². The fourth-order valence-electron chi connectivity index (χ4n) is 4.72. The van der Waals surface area contributed by atoms with Gasteiger partial charge >= 0.3 is 5.69 Å². The second-order valence-electron chi connectivity index (χ2n) is 9.72. The first kappa shape index (κ1) is 27.4. The van der Waals surface area contributed by atoms with Crippen LogP contribution in [0.15, 0.2) is 125 Å². The van der Waals surface area contributed by atoms with Crippen LogP contribution in [0.1, 0.15) is 16.7 Å². The van der Waals surface area contributed by atoms with Gasteiger partial charge in [-0.2, -0.15) is 4.98 Å². The van der Waals surface area contributed by atoms with Gasteiger partial charge in [0, 0.05) is 13.1 Å². The molecule has 0 N–H and O–H groups in total. The maximum Gasteiger partial charge on any atom is 0.333 e. The molecule has 42 heavy (non-hydrogen) atoms. The second kappa shape index (κ2) is 12.4. The van der Waals surface area contributed by atoms with E-state index in [1.54, 1.807) is 28.3 Å². The van der Waals surface area contributed by atoms with E-state index in [4.69, 9.17) is 19.2 Å². The summed E-state index contributed by atoms with van der Waals surface area (Å²) in [6.07, 6.45) is 0. The van der Waals surface area contributed by atoms with Crippen molar-refractivity contribution in [3.63, 3.8) is 0 Å². The van der Waals surface area contributed by atoms with E-state index < -0.39 is 0 Å². The Balaban J connectivity index is 1.40. The van der Waals surface area contributed by atoms with Crippen LogP contribution in [0.25, 0.3) is 16.7 Å². The Morgan fingerprint density at radius 3 is 1.81 bits per heavy atom. The minimum absolute atomic E-state index is 0.253. The zero-order valence-electron chi connectivity index (χ0n) is 22.9. The molecule has 0 fully saturated rings. The molecule has 0 aliphatic rings. The minimum atomic E-state index is -0.253. The lowest BCUT2D eigenvalue weighted by atomic mass is 10.2. The molecule has 0 spiro atoms. The summed E-state index contributed by atoms with van der Waals surface area (Å²) >= 11 is 3.62. The van der Waals surface area contributed by atoms with Gasteiger partial charge in [-0.05, 0) is 50.8 Å². The number of pyridine rings is 1. The van der Waals surface area contributed by atoms with Crippen LogP contribution in [-0.2, 0) is 26.9 Å². The second-order valence-corrected chi connectivity index (χ2v) is 10.6. The van der Waals surface area contributed by atoms with Crippen molar-refractivity contribution in [1.29, 1.82) is 0 Å². The number of benzene rings is 4. The Kier molecular flexibility index (Phi) is 8.05. The van der Waals surface area contributed by atoms with E-state index in [9.17, 15) is 4.79 Å². The van der Waals surface area contributed by atoms with E-state index in [1.807, 2.05) is 103 Å². The lowest BCUT2D eigenvalue weighted by molar-refractivity contribution is 0.267. The lowest BCUT2D eigenvalue weighted by Crippen LogP contribution is -2.21. The number of hydrogen-bond acceptors (Lipinski definition) is 5. The molecule has 0 saturated carbocycles. The highest BCUT2D eigenvalue weighted by Crippen LogP contribution is 2.36. The van der Waals surface area contributed by atoms with Crippen molar-refractivity contribution in [2.45, 2.75) is 19.8 Å². The molecule has 2 aromatic heterocycles. The molecular weight excluding hydrogens is 594 g/mol. The third kappa shape index (κ3) is 5.80. The summed E-state index contributed by atoms with van der Waals surface area (Å²) in [7, 11) is 1.73. The summed E-state index contributed by atoms with van der Waals surface area (Å²) in [5, 5.41) is 0. The maximum atomic E-state index is 13.8. The van der Waals surface area contributed by atoms with Gasteiger partial charge in [0.1, 0.15) is 31.0 Å². The average molecular weight is 623 g/mol. The average Bonchev–Trinajstić information content (AvgIpc) is 3.29. The number of ether oxygens (including phenoxy) is 3. The van der Waals surface area contributed by atoms with Gasteiger partial charge in [0.2, 0.25) is 11.8 Å². The number of imidazole rings is 1. The fourth-order valence-corrected chi connectivity index (χ4v) is 5.15. The van der Waals surface area contributed by atoms with Crippen LogP contribution >= 0.6 is 15.9 Å². The number of nitrogens with zero attached hydrogens (tertiary/aromatic N) is 3. The predicted molar refractivity (Wildman–Crippen MR) is 166 cm³/mol. The molecule has 0 bridgehead atoms. The predicted octanol–water partition coefficient (Wildman–Crippen LogP) is 7.22. The van der Waals surface area contributed by atoms with E-state index >= 15 is 0 Å². The molecule has 6 rings (SSSR count). The quantitative estimate of drug-likeness (QED) is 0.161. The molecule has 4 aromatic carbocycles. The topological polar surface area (TPSA) is 67.5 Å². The van der Waals surface area contributed by atoms with Crippen molar-refractivity contribution in [3.05, 3.63) is 147 Å². The molecule has 0 radical (unpaired) electrons. The number of rotatable bonds is 10. The van der Waals surface area contributed by atoms with Crippen LogP contribution in [0, 0.1) is 0 Å². The summed E-state index contributed by atoms with van der Waals surface area (Å²) in [5.41, 5.74) is 4.60. The Morgan fingerprint density at radius 1 is 0.667 bits per heavy atom. The van der Waals surface area contributed by atoms with Gasteiger partial charge < -0.3 is 14.2 Å². The first-order valence-corrected chi connectivity index (χ1v) is 14.3. The smallest absolute Gasteiger partial charge is 0.333 e. The number of fused-ring (bicyclic) bond motifs is 1. The SMILES string of the molecule is Cn1c(=O)n(-c2ccc(OCc3ccccc3)nc2OCc2ccccc2)c2ccc(Br)c(OCc3ccccc3)c21. The van der Waals surface area contributed by atoms with Gasteiger partial charge in [-0.3, -0.25) is 9.13 Å². The molecule has 7 nitrogen and oxygen atoms in total. The largest absolute Gasteiger partial charge is 0.485 e. The highest BCUT2D eigenvalue weighted by molar-refractivity contribution is 9.10. The Hall–Kier alpha value is -4.82. The molecular formula is C34H28BrN3O4. The lowest BCUT2D eigenvalue weighted by Gasteiger charge is -2.14. The number of hydrogen-bond donors (Lipinski definition) is 0. The van der Waals surface area contributed by atoms with Crippen LogP contribution < -0.4 is 19.9 Å². The third-order valence-corrected chi connectivity index (χ3v) is 7.47. The van der Waals surface area contributed by atoms with E-state index in [-0.39, 0.29) is 18.2 Å². The van der Waals surface area contributed by atoms with E-state index in [1.165, 1.54) is 0 Å². The number of aromatic nitrogens is 3. The summed E-state index contributed by atoms with van der Waals surface area (Å²) < 4.78 is 22.4. The van der Waals surface area contributed by atoms with Gasteiger partial charge in [0.05, 0.1) is 9.99 Å². The zero-order valence-corrected chi connectivity index (χ0v) is 24.5. The normalized spacial score (nSPS) is 11.0. The Bertz CT molecular complexity index is 1870. The molecule has 0 aliphatic heterocycles. The van der Waals surface area contributed by atoms with Gasteiger partial charge in [-0.15, -0.1) is 0 Å². The van der Waals surface area contributed by atoms with Crippen molar-refractivity contribution in [3.8, 4) is 23.2 Å². The molecule has 0 aliphatic carbocycles. The van der Waals surface area contributed by atoms with Crippen molar-refractivity contribution in [2.75, 3.05) is 0 Å². The monoisotopic (exact) mass is 621 g/mol. The first-order chi connectivity index (χ1) is 20.6. The van der Waals surface area contributed by atoms with Crippen molar-refractivity contribution < 1.29 is 14.2 Å². The van der Waals surface area contributed by atoms with Crippen molar-refractivity contribution in [1.82, 2.24) is 14.1 Å². The highest BCUT2D eigenvalue weighted by Gasteiger charge is 2.22. The van der Waals surface area contributed by atoms with E-state index in [0.29, 0.717) is 41.6 Å². The summed E-state index contributed by atoms with van der Waals surface area (Å²) in [6.45, 7) is 0.994. The Labute approximate surface area is 251 Å². The molecule has 0 unspecified atom stereocenters.